The van der Waals surface area contributed by atoms with Gasteiger partial charge in [0, 0.05) is 37.9 Å². The first-order chi connectivity index (χ1) is 16.4. The molecule has 0 aromatic heterocycles. The first-order valence-electron chi connectivity index (χ1n) is 10.9. The van der Waals surface area contributed by atoms with Gasteiger partial charge in [-0.1, -0.05) is 24.3 Å². The number of methoxy groups -OCH3 is 2. The normalized spacial score (nSPS) is 20.8. The number of carbonyl (C=O) groups is 3. The SMILES string of the molecule is C=CCN1C(=O)[C@@]2(C(=C(O)c3ccc(OC)cc3)C(=O)C(=O)N2CCCOC)c2ccccc21. The third-order valence-electron chi connectivity index (χ3n) is 6.21. The fraction of sp³-hybridized carbons (Fsp3) is 0.269. The molecule has 2 aromatic rings. The van der Waals surface area contributed by atoms with Crippen LogP contribution in [0.1, 0.15) is 17.5 Å². The van der Waals surface area contributed by atoms with E-state index in [1.165, 1.54) is 24.0 Å². The molecule has 1 saturated heterocycles. The van der Waals surface area contributed by atoms with E-state index in [0.29, 0.717) is 35.6 Å². The molecule has 2 aliphatic heterocycles. The lowest BCUT2D eigenvalue weighted by atomic mass is 9.82. The molecule has 1 N–H and O–H groups in total. The third kappa shape index (κ3) is 3.30. The van der Waals surface area contributed by atoms with Crippen LogP contribution >= 0.6 is 0 Å². The van der Waals surface area contributed by atoms with Crippen molar-refractivity contribution in [1.82, 2.24) is 4.90 Å². The van der Waals surface area contributed by atoms with Crippen LogP contribution in [0.4, 0.5) is 5.69 Å². The van der Waals surface area contributed by atoms with E-state index < -0.39 is 28.9 Å². The number of aliphatic hydroxyl groups is 1. The molecule has 34 heavy (non-hydrogen) atoms. The van der Waals surface area contributed by atoms with Gasteiger partial charge in [0.05, 0.1) is 18.4 Å². The topological polar surface area (TPSA) is 96.4 Å². The van der Waals surface area contributed by atoms with Gasteiger partial charge in [-0.25, -0.2) is 0 Å². The number of para-hydroxylation sites is 1. The van der Waals surface area contributed by atoms with Crippen LogP contribution in [-0.4, -0.2) is 61.5 Å². The van der Waals surface area contributed by atoms with Gasteiger partial charge in [-0.05, 0) is 36.8 Å². The van der Waals surface area contributed by atoms with Crippen molar-refractivity contribution in [2.24, 2.45) is 0 Å². The molecule has 8 heteroatoms. The molecule has 0 saturated carbocycles. The Kier molecular flexibility index (Phi) is 6.26. The molecule has 2 aromatic carbocycles. The highest BCUT2D eigenvalue weighted by molar-refractivity contribution is 6.50. The fourth-order valence-corrected chi connectivity index (χ4v) is 4.74. The van der Waals surface area contributed by atoms with Crippen LogP contribution < -0.4 is 9.64 Å². The number of likely N-dealkylation sites (tertiary alicyclic amines) is 1. The average Bonchev–Trinajstić information content (AvgIpc) is 3.23. The van der Waals surface area contributed by atoms with E-state index >= 15 is 0 Å². The molecule has 1 fully saturated rings. The van der Waals surface area contributed by atoms with Crippen molar-refractivity contribution in [3.8, 4) is 5.75 Å². The highest BCUT2D eigenvalue weighted by Crippen LogP contribution is 2.53. The van der Waals surface area contributed by atoms with E-state index in [1.807, 2.05) is 0 Å². The van der Waals surface area contributed by atoms with Crippen molar-refractivity contribution in [1.29, 1.82) is 0 Å². The molecule has 0 aliphatic carbocycles. The van der Waals surface area contributed by atoms with Crippen LogP contribution in [0.25, 0.3) is 5.76 Å². The van der Waals surface area contributed by atoms with Crippen molar-refractivity contribution in [2.45, 2.75) is 12.0 Å². The van der Waals surface area contributed by atoms with Gasteiger partial charge in [0.1, 0.15) is 11.5 Å². The Balaban J connectivity index is 2.00. The lowest BCUT2D eigenvalue weighted by molar-refractivity contribution is -0.143. The highest BCUT2D eigenvalue weighted by Gasteiger charge is 2.66. The van der Waals surface area contributed by atoms with Crippen LogP contribution in [0, 0.1) is 0 Å². The number of amides is 2. The number of anilines is 1. The molecule has 2 heterocycles. The van der Waals surface area contributed by atoms with Crippen molar-refractivity contribution in [3.05, 3.63) is 77.9 Å². The summed E-state index contributed by atoms with van der Waals surface area (Å²) in [6, 6.07) is 13.4. The maximum absolute atomic E-state index is 14.1. The number of hydrogen-bond acceptors (Lipinski definition) is 6. The van der Waals surface area contributed by atoms with E-state index in [4.69, 9.17) is 9.47 Å². The van der Waals surface area contributed by atoms with Gasteiger partial charge in [0.15, 0.2) is 5.54 Å². The molecular formula is C26H26N2O6. The number of rotatable bonds is 8. The van der Waals surface area contributed by atoms with Crippen LogP contribution in [0.2, 0.25) is 0 Å². The number of aliphatic hydroxyl groups excluding tert-OH is 1. The van der Waals surface area contributed by atoms with Gasteiger partial charge in [0.25, 0.3) is 17.6 Å². The zero-order valence-corrected chi connectivity index (χ0v) is 19.1. The Labute approximate surface area is 197 Å². The lowest BCUT2D eigenvalue weighted by Crippen LogP contribution is -2.52. The van der Waals surface area contributed by atoms with E-state index in [0.717, 1.165) is 0 Å². The summed E-state index contributed by atoms with van der Waals surface area (Å²) in [5.74, 6) is -2.09. The van der Waals surface area contributed by atoms with Crippen molar-refractivity contribution >= 4 is 29.0 Å². The highest BCUT2D eigenvalue weighted by atomic mass is 16.5. The molecule has 0 unspecified atom stereocenters. The summed E-state index contributed by atoms with van der Waals surface area (Å²) < 4.78 is 10.3. The second-order valence-corrected chi connectivity index (χ2v) is 8.02. The summed E-state index contributed by atoms with van der Waals surface area (Å²) in [4.78, 5) is 43.6. The zero-order valence-electron chi connectivity index (χ0n) is 19.1. The van der Waals surface area contributed by atoms with Crippen molar-refractivity contribution < 1.29 is 29.0 Å². The summed E-state index contributed by atoms with van der Waals surface area (Å²) in [5, 5.41) is 11.4. The van der Waals surface area contributed by atoms with Crippen molar-refractivity contribution in [2.75, 3.05) is 38.8 Å². The largest absolute Gasteiger partial charge is 0.507 e. The predicted octanol–water partition coefficient (Wildman–Crippen LogP) is 2.84. The summed E-state index contributed by atoms with van der Waals surface area (Å²) in [7, 11) is 3.05. The van der Waals surface area contributed by atoms with Gasteiger partial charge in [-0.2, -0.15) is 0 Å². The Morgan fingerprint density at radius 3 is 2.44 bits per heavy atom. The van der Waals surface area contributed by atoms with Gasteiger partial charge in [-0.15, -0.1) is 6.58 Å². The average molecular weight is 463 g/mol. The monoisotopic (exact) mass is 462 g/mol. The van der Waals surface area contributed by atoms with Crippen LogP contribution in [0.15, 0.2) is 66.8 Å². The van der Waals surface area contributed by atoms with Gasteiger partial charge in [-0.3, -0.25) is 14.4 Å². The Bertz CT molecular complexity index is 1190. The molecule has 0 radical (unpaired) electrons. The summed E-state index contributed by atoms with van der Waals surface area (Å²) >= 11 is 0. The van der Waals surface area contributed by atoms with E-state index in [9.17, 15) is 19.5 Å². The quantitative estimate of drug-likeness (QED) is 0.213. The predicted molar refractivity (Wildman–Crippen MR) is 126 cm³/mol. The minimum Gasteiger partial charge on any atom is -0.507 e. The summed E-state index contributed by atoms with van der Waals surface area (Å²) in [5.41, 5.74) is -0.710. The zero-order chi connectivity index (χ0) is 24.5. The maximum Gasteiger partial charge on any atom is 0.296 e. The number of ether oxygens (including phenoxy) is 2. The minimum absolute atomic E-state index is 0.0970. The second-order valence-electron chi connectivity index (χ2n) is 8.02. The molecular weight excluding hydrogens is 436 g/mol. The van der Waals surface area contributed by atoms with Crippen LogP contribution in [0.3, 0.4) is 0 Å². The number of ketones is 1. The molecule has 2 aliphatic rings. The number of benzene rings is 2. The third-order valence-corrected chi connectivity index (χ3v) is 6.21. The first kappa shape index (κ1) is 23.3. The molecule has 0 bridgehead atoms. The number of hydrogen-bond donors (Lipinski definition) is 1. The van der Waals surface area contributed by atoms with E-state index in [-0.39, 0.29) is 18.7 Å². The smallest absolute Gasteiger partial charge is 0.296 e. The molecule has 8 nitrogen and oxygen atoms in total. The number of fused-ring (bicyclic) bond motifs is 2. The lowest BCUT2D eigenvalue weighted by Gasteiger charge is -2.34. The fourth-order valence-electron chi connectivity index (χ4n) is 4.74. The van der Waals surface area contributed by atoms with Crippen LogP contribution in [-0.2, 0) is 24.7 Å². The Morgan fingerprint density at radius 1 is 1.09 bits per heavy atom. The van der Waals surface area contributed by atoms with E-state index in [1.54, 1.807) is 54.6 Å². The number of nitrogens with zero attached hydrogens (tertiary/aromatic N) is 2. The van der Waals surface area contributed by atoms with Gasteiger partial charge < -0.3 is 24.4 Å². The summed E-state index contributed by atoms with van der Waals surface area (Å²) in [6.07, 6.45) is 1.99. The van der Waals surface area contributed by atoms with Crippen LogP contribution in [0.5, 0.6) is 5.75 Å². The van der Waals surface area contributed by atoms with Gasteiger partial charge >= 0.3 is 0 Å². The molecule has 176 valence electrons. The minimum atomic E-state index is -1.79. The maximum atomic E-state index is 14.1. The van der Waals surface area contributed by atoms with E-state index in [2.05, 4.69) is 6.58 Å². The van der Waals surface area contributed by atoms with Crippen molar-refractivity contribution in [3.63, 3.8) is 0 Å². The van der Waals surface area contributed by atoms with Gasteiger partial charge in [0.2, 0.25) is 0 Å². The number of carbonyl (C=O) groups excluding carboxylic acids is 3. The Morgan fingerprint density at radius 2 is 1.79 bits per heavy atom. The Hall–Kier alpha value is -3.91. The standard InChI is InChI=1S/C26H26N2O6/c1-4-14-27-20-9-6-5-8-19(20)26(25(27)32)21(22(29)17-10-12-18(34-3)13-11-17)23(30)24(31)28(26)15-7-16-33-2/h4-6,8-13,29H,1,7,14-16H2,2-3H3/t26-/m0/s1. The molecule has 1 spiro atoms. The molecule has 1 atom stereocenters. The molecule has 2 amide bonds. The number of Topliss-reactive ketones (excluding diaryl/α,β-unsaturated/α-hetero) is 1. The molecule has 4 rings (SSSR count). The second kappa shape index (κ2) is 9.15. The first-order valence-corrected chi connectivity index (χ1v) is 10.9. The summed E-state index contributed by atoms with van der Waals surface area (Å²) in [6.45, 7) is 4.36.